The standard InChI is InChI=1S/C15H22O2S2/c1-4-13-15(19-8-7-18-13)14(16)12-6-5-11(17-3)9-10(12)2/h5-6,9,13-16H,4,7-8H2,1-3H3. The molecular formula is C15H22O2S2. The number of rotatable bonds is 4. The molecule has 0 aliphatic carbocycles. The number of aliphatic hydroxyl groups excluding tert-OH is 1. The van der Waals surface area contributed by atoms with Gasteiger partial charge in [-0.3, -0.25) is 0 Å². The van der Waals surface area contributed by atoms with Gasteiger partial charge in [-0.1, -0.05) is 13.0 Å². The summed E-state index contributed by atoms with van der Waals surface area (Å²) in [5.74, 6) is 3.19. The van der Waals surface area contributed by atoms with Crippen LogP contribution in [0.3, 0.4) is 0 Å². The number of aliphatic hydroxyl groups is 1. The van der Waals surface area contributed by atoms with Crippen LogP contribution in [0.15, 0.2) is 18.2 Å². The molecule has 0 saturated carbocycles. The third-order valence-electron chi connectivity index (χ3n) is 3.60. The van der Waals surface area contributed by atoms with Gasteiger partial charge in [0.1, 0.15) is 5.75 Å². The first kappa shape index (κ1) is 15.1. The summed E-state index contributed by atoms with van der Waals surface area (Å²) in [5.41, 5.74) is 2.15. The fourth-order valence-corrected chi connectivity index (χ4v) is 5.64. The summed E-state index contributed by atoms with van der Waals surface area (Å²) in [7, 11) is 1.67. The second-order valence-corrected chi connectivity index (χ2v) is 7.45. The monoisotopic (exact) mass is 298 g/mol. The molecule has 1 aromatic rings. The van der Waals surface area contributed by atoms with E-state index in [4.69, 9.17) is 4.74 Å². The summed E-state index contributed by atoms with van der Waals surface area (Å²) < 4.78 is 5.23. The molecule has 1 aromatic carbocycles. The summed E-state index contributed by atoms with van der Waals surface area (Å²) in [6.07, 6.45) is 0.739. The normalized spacial score (nSPS) is 25.1. The van der Waals surface area contributed by atoms with E-state index in [0.29, 0.717) is 10.5 Å². The molecule has 0 bridgehead atoms. The van der Waals surface area contributed by atoms with E-state index in [1.54, 1.807) is 7.11 Å². The zero-order valence-electron chi connectivity index (χ0n) is 11.8. The first-order valence-corrected chi connectivity index (χ1v) is 8.83. The molecule has 1 saturated heterocycles. The molecule has 3 atom stereocenters. The van der Waals surface area contributed by atoms with Crippen molar-refractivity contribution in [1.29, 1.82) is 0 Å². The highest BCUT2D eigenvalue weighted by molar-refractivity contribution is 8.07. The Balaban J connectivity index is 2.20. The smallest absolute Gasteiger partial charge is 0.119 e. The molecule has 2 rings (SSSR count). The summed E-state index contributed by atoms with van der Waals surface area (Å²) in [6, 6.07) is 5.94. The van der Waals surface area contributed by atoms with Crippen LogP contribution in [0.2, 0.25) is 0 Å². The van der Waals surface area contributed by atoms with Crippen molar-refractivity contribution >= 4 is 23.5 Å². The third kappa shape index (κ3) is 3.41. The molecule has 0 aromatic heterocycles. The van der Waals surface area contributed by atoms with Gasteiger partial charge in [-0.25, -0.2) is 0 Å². The van der Waals surface area contributed by atoms with Gasteiger partial charge in [0.2, 0.25) is 0 Å². The van der Waals surface area contributed by atoms with Crippen molar-refractivity contribution in [2.45, 2.75) is 36.9 Å². The summed E-state index contributed by atoms with van der Waals surface area (Å²) in [5, 5.41) is 11.6. The highest BCUT2D eigenvalue weighted by atomic mass is 32.2. The first-order valence-electron chi connectivity index (χ1n) is 6.73. The number of thioether (sulfide) groups is 2. The Bertz CT molecular complexity index is 423. The molecule has 1 N–H and O–H groups in total. The molecule has 2 nitrogen and oxygen atoms in total. The van der Waals surface area contributed by atoms with Crippen molar-refractivity contribution in [3.05, 3.63) is 29.3 Å². The van der Waals surface area contributed by atoms with Crippen LogP contribution in [0.1, 0.15) is 30.6 Å². The minimum atomic E-state index is -0.381. The van der Waals surface area contributed by atoms with Crippen LogP contribution in [-0.2, 0) is 0 Å². The van der Waals surface area contributed by atoms with Gasteiger partial charge in [-0.2, -0.15) is 23.5 Å². The third-order valence-corrected chi connectivity index (χ3v) is 6.94. The number of benzene rings is 1. The van der Waals surface area contributed by atoms with Crippen molar-refractivity contribution in [3.8, 4) is 5.75 Å². The zero-order valence-corrected chi connectivity index (χ0v) is 13.4. The van der Waals surface area contributed by atoms with E-state index in [1.165, 1.54) is 5.75 Å². The Hall–Kier alpha value is -0.320. The van der Waals surface area contributed by atoms with Crippen LogP contribution >= 0.6 is 23.5 Å². The Morgan fingerprint density at radius 3 is 2.74 bits per heavy atom. The molecule has 0 radical (unpaired) electrons. The number of methoxy groups -OCH3 is 1. The van der Waals surface area contributed by atoms with Crippen molar-refractivity contribution in [1.82, 2.24) is 0 Å². The maximum absolute atomic E-state index is 10.7. The molecule has 106 valence electrons. The molecule has 4 heteroatoms. The van der Waals surface area contributed by atoms with Gasteiger partial charge < -0.3 is 9.84 Å². The maximum atomic E-state index is 10.7. The minimum absolute atomic E-state index is 0.302. The van der Waals surface area contributed by atoms with Crippen molar-refractivity contribution in [2.75, 3.05) is 18.6 Å². The van der Waals surface area contributed by atoms with Gasteiger partial charge in [-0.05, 0) is 36.6 Å². The Morgan fingerprint density at radius 1 is 1.37 bits per heavy atom. The van der Waals surface area contributed by atoms with E-state index in [9.17, 15) is 5.11 Å². The lowest BCUT2D eigenvalue weighted by Crippen LogP contribution is -2.31. The second-order valence-electron chi connectivity index (χ2n) is 4.82. The van der Waals surface area contributed by atoms with Crippen molar-refractivity contribution < 1.29 is 9.84 Å². The van der Waals surface area contributed by atoms with E-state index in [1.807, 2.05) is 48.6 Å². The average Bonchev–Trinajstić information content (AvgIpc) is 2.46. The van der Waals surface area contributed by atoms with Gasteiger partial charge >= 0.3 is 0 Å². The average molecular weight is 298 g/mol. The maximum Gasteiger partial charge on any atom is 0.119 e. The Morgan fingerprint density at radius 2 is 2.11 bits per heavy atom. The van der Waals surface area contributed by atoms with Crippen LogP contribution in [-0.4, -0.2) is 34.2 Å². The van der Waals surface area contributed by atoms with E-state index in [0.717, 1.165) is 29.1 Å². The molecule has 3 unspecified atom stereocenters. The largest absolute Gasteiger partial charge is 0.497 e. The van der Waals surface area contributed by atoms with Gasteiger partial charge in [0.15, 0.2) is 0 Å². The first-order chi connectivity index (χ1) is 9.17. The number of aryl methyl sites for hydroxylation is 1. The molecule has 1 aliphatic rings. The summed E-state index contributed by atoms with van der Waals surface area (Å²) in [6.45, 7) is 4.26. The molecule has 0 spiro atoms. The van der Waals surface area contributed by atoms with E-state index in [2.05, 4.69) is 6.92 Å². The van der Waals surface area contributed by atoms with Crippen LogP contribution < -0.4 is 4.74 Å². The van der Waals surface area contributed by atoms with Gasteiger partial charge in [0.05, 0.1) is 13.2 Å². The Labute approximate surface area is 124 Å². The SMILES string of the molecule is CCC1SCCSC1C(O)c1ccc(OC)cc1C. The van der Waals surface area contributed by atoms with E-state index in [-0.39, 0.29) is 6.10 Å². The van der Waals surface area contributed by atoms with Crippen LogP contribution in [0.5, 0.6) is 5.75 Å². The van der Waals surface area contributed by atoms with Gasteiger partial charge in [0, 0.05) is 22.0 Å². The lowest BCUT2D eigenvalue weighted by Gasteiger charge is -2.34. The van der Waals surface area contributed by atoms with Crippen molar-refractivity contribution in [3.63, 3.8) is 0 Å². The second kappa shape index (κ2) is 6.91. The van der Waals surface area contributed by atoms with Crippen molar-refractivity contribution in [2.24, 2.45) is 0 Å². The predicted molar refractivity (Wildman–Crippen MR) is 85.5 cm³/mol. The van der Waals surface area contributed by atoms with Gasteiger partial charge in [0.25, 0.3) is 0 Å². The van der Waals surface area contributed by atoms with Crippen LogP contribution in [0.4, 0.5) is 0 Å². The number of ether oxygens (including phenoxy) is 1. The molecular weight excluding hydrogens is 276 g/mol. The van der Waals surface area contributed by atoms with E-state index < -0.39 is 0 Å². The van der Waals surface area contributed by atoms with Crippen LogP contribution in [0, 0.1) is 6.92 Å². The topological polar surface area (TPSA) is 29.5 Å². The molecule has 1 aliphatic heterocycles. The molecule has 1 heterocycles. The predicted octanol–water partition coefficient (Wildman–Crippen LogP) is 3.66. The molecule has 1 fully saturated rings. The highest BCUT2D eigenvalue weighted by Gasteiger charge is 2.32. The lowest BCUT2D eigenvalue weighted by atomic mass is 9.98. The quantitative estimate of drug-likeness (QED) is 0.918. The van der Waals surface area contributed by atoms with Gasteiger partial charge in [-0.15, -0.1) is 0 Å². The highest BCUT2D eigenvalue weighted by Crippen LogP contribution is 2.41. The minimum Gasteiger partial charge on any atom is -0.497 e. The zero-order chi connectivity index (χ0) is 13.8. The Kier molecular flexibility index (Phi) is 5.48. The fourth-order valence-electron chi connectivity index (χ4n) is 2.51. The number of hydrogen-bond acceptors (Lipinski definition) is 4. The number of hydrogen-bond donors (Lipinski definition) is 1. The molecule has 0 amide bonds. The van der Waals surface area contributed by atoms with Crippen LogP contribution in [0.25, 0.3) is 0 Å². The lowest BCUT2D eigenvalue weighted by molar-refractivity contribution is 0.171. The summed E-state index contributed by atoms with van der Waals surface area (Å²) >= 11 is 3.92. The fraction of sp³-hybridized carbons (Fsp3) is 0.600. The summed E-state index contributed by atoms with van der Waals surface area (Å²) in [4.78, 5) is 0. The molecule has 19 heavy (non-hydrogen) atoms. The van der Waals surface area contributed by atoms with E-state index >= 15 is 0 Å².